The number of carboxylic acids is 1. The fourth-order valence-corrected chi connectivity index (χ4v) is 4.92. The van der Waals surface area contributed by atoms with Gasteiger partial charge in [-0.25, -0.2) is 14.6 Å². The molecule has 1 amide bonds. The molecule has 0 unspecified atom stereocenters. The number of aromatic carboxylic acids is 1. The molecule has 2 atom stereocenters. The third-order valence-electron chi connectivity index (χ3n) is 6.33. The summed E-state index contributed by atoms with van der Waals surface area (Å²) in [6, 6.07) is 16.1. The number of rotatable bonds is 3. The maximum atomic E-state index is 13.2. The van der Waals surface area contributed by atoms with Crippen LogP contribution in [0.3, 0.4) is 0 Å². The highest BCUT2D eigenvalue weighted by atomic mass is 16.6. The van der Waals surface area contributed by atoms with E-state index in [1.165, 1.54) is 11.2 Å². The first-order valence-electron chi connectivity index (χ1n) is 10.4. The quantitative estimate of drug-likeness (QED) is 0.668. The average molecular weight is 417 g/mol. The van der Waals surface area contributed by atoms with Crippen molar-refractivity contribution in [3.8, 4) is 11.1 Å². The largest absolute Gasteiger partial charge is 0.476 e. The van der Waals surface area contributed by atoms with Gasteiger partial charge in [0.15, 0.2) is 11.5 Å². The van der Waals surface area contributed by atoms with Crippen molar-refractivity contribution in [2.45, 2.75) is 38.3 Å². The zero-order valence-electron chi connectivity index (χ0n) is 17.4. The number of fused-ring (bicyclic) bond motifs is 4. The molecule has 7 nitrogen and oxygen atoms in total. The molecule has 0 saturated carbocycles. The first kappa shape index (κ1) is 19.4. The minimum absolute atomic E-state index is 0.0447. The van der Waals surface area contributed by atoms with E-state index < -0.39 is 12.1 Å². The lowest BCUT2D eigenvalue weighted by Crippen LogP contribution is -2.46. The second kappa shape index (κ2) is 7.27. The third kappa shape index (κ3) is 3.00. The van der Waals surface area contributed by atoms with Crippen LogP contribution in [0.5, 0.6) is 0 Å². The van der Waals surface area contributed by atoms with Crippen molar-refractivity contribution in [3.63, 3.8) is 0 Å². The molecule has 2 aromatic carbocycles. The maximum absolute atomic E-state index is 13.2. The number of ether oxygens (including phenoxy) is 1. The van der Waals surface area contributed by atoms with Gasteiger partial charge < -0.3 is 14.4 Å². The van der Waals surface area contributed by atoms with Gasteiger partial charge in [-0.2, -0.15) is 0 Å². The summed E-state index contributed by atoms with van der Waals surface area (Å²) in [7, 11) is 0. The van der Waals surface area contributed by atoms with Gasteiger partial charge in [-0.1, -0.05) is 48.5 Å². The summed E-state index contributed by atoms with van der Waals surface area (Å²) in [5, 5.41) is 9.57. The van der Waals surface area contributed by atoms with Crippen LogP contribution >= 0.6 is 0 Å². The molecule has 1 N–H and O–H groups in total. The van der Waals surface area contributed by atoms with Crippen molar-refractivity contribution in [2.24, 2.45) is 0 Å². The molecule has 0 radical (unpaired) electrons. The molecular weight excluding hydrogens is 394 g/mol. The molecule has 2 aliphatic rings. The van der Waals surface area contributed by atoms with Crippen molar-refractivity contribution in [1.82, 2.24) is 9.55 Å². The summed E-state index contributed by atoms with van der Waals surface area (Å²) in [5.41, 5.74) is 4.45. The van der Waals surface area contributed by atoms with E-state index >= 15 is 0 Å². The molecule has 3 aromatic rings. The number of hydrogen-bond acceptors (Lipinski definition) is 4. The number of anilines is 1. The monoisotopic (exact) mass is 417 g/mol. The minimum Gasteiger partial charge on any atom is -0.476 e. The second-order valence-electron chi connectivity index (χ2n) is 8.24. The second-order valence-corrected chi connectivity index (χ2v) is 8.24. The summed E-state index contributed by atoms with van der Waals surface area (Å²) < 4.78 is 7.54. The summed E-state index contributed by atoms with van der Waals surface area (Å²) in [5.74, 6) is -0.929. The first-order chi connectivity index (χ1) is 15.0. The van der Waals surface area contributed by atoms with Gasteiger partial charge in [-0.05, 0) is 42.5 Å². The van der Waals surface area contributed by atoms with Crippen molar-refractivity contribution < 1.29 is 19.4 Å². The van der Waals surface area contributed by atoms with Crippen LogP contribution in [0.2, 0.25) is 0 Å². The molecule has 2 heterocycles. The van der Waals surface area contributed by atoms with Crippen LogP contribution in [-0.2, 0) is 4.74 Å². The highest BCUT2D eigenvalue weighted by molar-refractivity contribution is 5.98. The average Bonchev–Trinajstić information content (AvgIpc) is 3.33. The number of aromatic nitrogens is 2. The zero-order chi connectivity index (χ0) is 21.7. The molecule has 0 spiro atoms. The van der Waals surface area contributed by atoms with Crippen LogP contribution in [0.1, 0.15) is 53.8 Å². The molecule has 0 saturated heterocycles. The number of imidazole rings is 1. The topological polar surface area (TPSA) is 84.7 Å². The summed E-state index contributed by atoms with van der Waals surface area (Å²) in [4.78, 5) is 30.4. The standard InChI is InChI=1S/C24H23N3O4/c1-14-11-15(2)27(22-21(23(28)29)25-13-26(14)22)24(30)31-12-20-18-9-5-3-7-16(18)17-8-4-6-10-19(17)20/h3-10,13-15,20H,11-12H2,1-2H3,(H,28,29)/t14-,15+/m0/s1. The Balaban J connectivity index is 1.44. The van der Waals surface area contributed by atoms with Gasteiger partial charge in [0.05, 0.1) is 6.33 Å². The minimum atomic E-state index is -1.16. The molecule has 1 aliphatic heterocycles. The summed E-state index contributed by atoms with van der Waals surface area (Å²) >= 11 is 0. The summed E-state index contributed by atoms with van der Waals surface area (Å²) in [6.07, 6.45) is 1.62. The van der Waals surface area contributed by atoms with Crippen molar-refractivity contribution >= 4 is 17.9 Å². The van der Waals surface area contributed by atoms with Gasteiger partial charge in [0.2, 0.25) is 0 Å². The normalized spacial score (nSPS) is 19.5. The lowest BCUT2D eigenvalue weighted by Gasteiger charge is -2.37. The van der Waals surface area contributed by atoms with Crippen LogP contribution in [0, 0.1) is 0 Å². The SMILES string of the molecule is C[C@@H]1C[C@H](C)n2cnc(C(=O)O)c2N1C(=O)OCC1c2ccccc2-c2ccccc21. The smallest absolute Gasteiger partial charge is 0.415 e. The predicted molar refractivity (Wildman–Crippen MR) is 116 cm³/mol. The number of carbonyl (C=O) groups is 2. The Morgan fingerprint density at radius 1 is 1.03 bits per heavy atom. The Labute approximate surface area is 179 Å². The zero-order valence-corrected chi connectivity index (χ0v) is 17.4. The van der Waals surface area contributed by atoms with Gasteiger partial charge in [-0.3, -0.25) is 4.90 Å². The van der Waals surface area contributed by atoms with Crippen molar-refractivity contribution in [1.29, 1.82) is 0 Å². The summed E-state index contributed by atoms with van der Waals surface area (Å²) in [6.45, 7) is 4.07. The molecule has 7 heteroatoms. The van der Waals surface area contributed by atoms with Gasteiger partial charge >= 0.3 is 12.1 Å². The molecule has 0 fully saturated rings. The number of benzene rings is 2. The highest BCUT2D eigenvalue weighted by Gasteiger charge is 2.38. The lowest BCUT2D eigenvalue weighted by atomic mass is 9.98. The number of nitrogens with zero attached hydrogens (tertiary/aromatic N) is 3. The molecule has 1 aliphatic carbocycles. The molecule has 0 bridgehead atoms. The third-order valence-corrected chi connectivity index (χ3v) is 6.33. The van der Waals surface area contributed by atoms with E-state index in [-0.39, 0.29) is 36.1 Å². The lowest BCUT2D eigenvalue weighted by molar-refractivity contribution is 0.0691. The van der Waals surface area contributed by atoms with E-state index in [9.17, 15) is 14.7 Å². The Hall–Kier alpha value is -3.61. The highest BCUT2D eigenvalue weighted by Crippen LogP contribution is 2.44. The Morgan fingerprint density at radius 2 is 1.65 bits per heavy atom. The van der Waals surface area contributed by atoms with Gasteiger partial charge in [0.1, 0.15) is 6.61 Å². The molecule has 31 heavy (non-hydrogen) atoms. The van der Waals surface area contributed by atoms with Gasteiger partial charge in [0.25, 0.3) is 0 Å². The molecule has 5 rings (SSSR count). The first-order valence-corrected chi connectivity index (χ1v) is 10.4. The fraction of sp³-hybridized carbons (Fsp3) is 0.292. The number of carboxylic acid groups (broad SMARTS) is 1. The number of amides is 1. The molecule has 1 aromatic heterocycles. The Kier molecular flexibility index (Phi) is 4.54. The van der Waals surface area contributed by atoms with Crippen molar-refractivity contribution in [3.05, 3.63) is 71.7 Å². The number of carbonyl (C=O) groups excluding carboxylic acids is 1. The van der Waals surface area contributed by atoms with E-state index in [0.717, 1.165) is 22.3 Å². The van der Waals surface area contributed by atoms with Crippen LogP contribution in [0.25, 0.3) is 11.1 Å². The van der Waals surface area contributed by atoms with Crippen LogP contribution in [-0.4, -0.2) is 39.4 Å². The molecular formula is C24H23N3O4. The Morgan fingerprint density at radius 3 is 2.26 bits per heavy atom. The maximum Gasteiger partial charge on any atom is 0.415 e. The predicted octanol–water partition coefficient (Wildman–Crippen LogP) is 4.69. The van der Waals surface area contributed by atoms with Crippen LogP contribution < -0.4 is 4.90 Å². The van der Waals surface area contributed by atoms with E-state index in [1.54, 1.807) is 4.57 Å². The van der Waals surface area contributed by atoms with E-state index in [0.29, 0.717) is 6.42 Å². The van der Waals surface area contributed by atoms with Crippen LogP contribution in [0.15, 0.2) is 54.9 Å². The molecule has 158 valence electrons. The number of hydrogen-bond donors (Lipinski definition) is 1. The van der Waals surface area contributed by atoms with Crippen LogP contribution in [0.4, 0.5) is 10.6 Å². The van der Waals surface area contributed by atoms with E-state index in [4.69, 9.17) is 4.74 Å². The van der Waals surface area contributed by atoms with E-state index in [2.05, 4.69) is 29.2 Å². The van der Waals surface area contributed by atoms with Gasteiger partial charge in [0, 0.05) is 18.0 Å². The Bertz CT molecular complexity index is 1140. The fourth-order valence-electron chi connectivity index (χ4n) is 4.92. The van der Waals surface area contributed by atoms with Crippen molar-refractivity contribution in [2.75, 3.05) is 11.5 Å². The van der Waals surface area contributed by atoms with E-state index in [1.807, 2.05) is 38.1 Å². The van der Waals surface area contributed by atoms with Gasteiger partial charge in [-0.15, -0.1) is 0 Å².